The number of hydrogen-bond donors (Lipinski definition) is 2. The Hall–Kier alpha value is -2.09. The number of likely N-dealkylation sites (N-methyl/N-ethyl adjacent to an activating group) is 1. The van der Waals surface area contributed by atoms with Crippen molar-refractivity contribution in [1.82, 2.24) is 10.2 Å². The number of nitrogens with zero attached hydrogens (tertiary/aromatic N) is 1. The van der Waals surface area contributed by atoms with Crippen LogP contribution >= 0.6 is 0 Å². The van der Waals surface area contributed by atoms with E-state index in [0.717, 1.165) is 18.9 Å². The molecule has 146 valence electrons. The fraction of sp³-hybridized carbons (Fsp3) is 0.556. The number of carbonyl (C=O) groups is 2. The van der Waals surface area contributed by atoms with Crippen molar-refractivity contribution in [3.05, 3.63) is 29.8 Å². The molecular formula is C18H26F3N3O2. The second-order valence-corrected chi connectivity index (χ2v) is 6.15. The van der Waals surface area contributed by atoms with Gasteiger partial charge in [0, 0.05) is 6.04 Å². The molecule has 1 aromatic carbocycles. The van der Waals surface area contributed by atoms with Crippen LogP contribution in [-0.2, 0) is 15.8 Å². The minimum absolute atomic E-state index is 0.0128. The van der Waals surface area contributed by atoms with Gasteiger partial charge in [-0.05, 0) is 32.0 Å². The standard InChI is InChI=1S/C18H26F3N3O2/c1-4-8-13(3)22-16(25)11-24(5-2)12-17(26)23-15-10-7-6-9-14(15)18(19,20)21/h6-7,9-10,13H,4-5,8,11-12H2,1-3H3,(H,22,25)(H,23,26). The number of amides is 2. The maximum Gasteiger partial charge on any atom is 0.418 e. The molecule has 1 aromatic rings. The Morgan fingerprint density at radius 3 is 2.31 bits per heavy atom. The molecule has 0 heterocycles. The molecule has 1 atom stereocenters. The first-order valence-corrected chi connectivity index (χ1v) is 8.65. The zero-order valence-corrected chi connectivity index (χ0v) is 15.3. The van der Waals surface area contributed by atoms with E-state index in [2.05, 4.69) is 10.6 Å². The first kappa shape index (κ1) is 22.0. The smallest absolute Gasteiger partial charge is 0.353 e. The Kier molecular flexibility index (Phi) is 8.57. The third-order valence-electron chi connectivity index (χ3n) is 3.82. The predicted molar refractivity (Wildman–Crippen MR) is 94.7 cm³/mol. The molecule has 0 radical (unpaired) electrons. The number of halogens is 3. The summed E-state index contributed by atoms with van der Waals surface area (Å²) in [5.74, 6) is -0.811. The third-order valence-corrected chi connectivity index (χ3v) is 3.82. The highest BCUT2D eigenvalue weighted by molar-refractivity contribution is 5.93. The number of carbonyl (C=O) groups excluding carboxylic acids is 2. The lowest BCUT2D eigenvalue weighted by Gasteiger charge is -2.21. The quantitative estimate of drug-likeness (QED) is 0.698. The summed E-state index contributed by atoms with van der Waals surface area (Å²) in [6.07, 6.45) is -2.75. The number of benzene rings is 1. The number of hydrogen-bond acceptors (Lipinski definition) is 3. The van der Waals surface area contributed by atoms with Crippen molar-refractivity contribution in [3.8, 4) is 0 Å². The van der Waals surface area contributed by atoms with E-state index < -0.39 is 17.6 Å². The summed E-state index contributed by atoms with van der Waals surface area (Å²) in [6.45, 7) is 5.96. The van der Waals surface area contributed by atoms with E-state index in [9.17, 15) is 22.8 Å². The van der Waals surface area contributed by atoms with Gasteiger partial charge in [-0.3, -0.25) is 14.5 Å². The Morgan fingerprint density at radius 2 is 1.73 bits per heavy atom. The number of para-hydroxylation sites is 1. The van der Waals surface area contributed by atoms with E-state index in [-0.39, 0.29) is 30.7 Å². The highest BCUT2D eigenvalue weighted by Crippen LogP contribution is 2.34. The van der Waals surface area contributed by atoms with Gasteiger partial charge in [0.2, 0.25) is 11.8 Å². The molecule has 0 spiro atoms. The zero-order valence-electron chi connectivity index (χ0n) is 15.3. The van der Waals surface area contributed by atoms with Crippen molar-refractivity contribution in [2.75, 3.05) is 25.0 Å². The fourth-order valence-electron chi connectivity index (χ4n) is 2.54. The van der Waals surface area contributed by atoms with Crippen LogP contribution in [0.25, 0.3) is 0 Å². The van der Waals surface area contributed by atoms with Gasteiger partial charge in [-0.15, -0.1) is 0 Å². The highest BCUT2D eigenvalue weighted by Gasteiger charge is 2.33. The van der Waals surface area contributed by atoms with Gasteiger partial charge in [0.1, 0.15) is 0 Å². The van der Waals surface area contributed by atoms with Crippen LogP contribution in [0.5, 0.6) is 0 Å². The molecule has 0 fully saturated rings. The first-order chi connectivity index (χ1) is 12.2. The topological polar surface area (TPSA) is 61.4 Å². The van der Waals surface area contributed by atoms with Gasteiger partial charge >= 0.3 is 6.18 Å². The van der Waals surface area contributed by atoms with Crippen molar-refractivity contribution in [2.24, 2.45) is 0 Å². The molecule has 8 heteroatoms. The van der Waals surface area contributed by atoms with Crippen LogP contribution in [0, 0.1) is 0 Å². The summed E-state index contributed by atoms with van der Waals surface area (Å²) in [6, 6.07) is 4.84. The molecule has 0 bridgehead atoms. The molecule has 0 aliphatic heterocycles. The van der Waals surface area contributed by atoms with E-state index in [4.69, 9.17) is 0 Å². The second-order valence-electron chi connectivity index (χ2n) is 6.15. The molecule has 0 saturated heterocycles. The van der Waals surface area contributed by atoms with Crippen LogP contribution in [0.3, 0.4) is 0 Å². The van der Waals surface area contributed by atoms with Crippen LogP contribution in [0.2, 0.25) is 0 Å². The molecule has 0 saturated carbocycles. The molecule has 1 rings (SSSR count). The second kappa shape index (κ2) is 10.2. The molecular weight excluding hydrogens is 347 g/mol. The first-order valence-electron chi connectivity index (χ1n) is 8.65. The number of rotatable bonds is 9. The number of alkyl halides is 3. The Bertz CT molecular complexity index is 606. The van der Waals surface area contributed by atoms with Crippen LogP contribution < -0.4 is 10.6 Å². The van der Waals surface area contributed by atoms with E-state index in [1.54, 1.807) is 11.8 Å². The predicted octanol–water partition coefficient (Wildman–Crippen LogP) is 3.27. The van der Waals surface area contributed by atoms with Gasteiger partial charge in [0.15, 0.2) is 0 Å². The lowest BCUT2D eigenvalue weighted by molar-refractivity contribution is -0.137. The largest absolute Gasteiger partial charge is 0.418 e. The molecule has 2 amide bonds. The van der Waals surface area contributed by atoms with Crippen LogP contribution in [-0.4, -0.2) is 42.4 Å². The van der Waals surface area contributed by atoms with Gasteiger partial charge in [-0.1, -0.05) is 32.4 Å². The van der Waals surface area contributed by atoms with Gasteiger partial charge in [0.05, 0.1) is 24.3 Å². The average Bonchev–Trinajstić information content (AvgIpc) is 2.53. The Labute approximate surface area is 151 Å². The van der Waals surface area contributed by atoms with Crippen molar-refractivity contribution in [2.45, 2.75) is 45.8 Å². The molecule has 0 aromatic heterocycles. The maximum absolute atomic E-state index is 13.0. The van der Waals surface area contributed by atoms with Gasteiger partial charge in [-0.25, -0.2) is 0 Å². The summed E-state index contributed by atoms with van der Waals surface area (Å²) >= 11 is 0. The average molecular weight is 373 g/mol. The molecule has 0 aliphatic carbocycles. The molecule has 1 unspecified atom stereocenters. The summed E-state index contributed by atoms with van der Waals surface area (Å²) in [5.41, 5.74) is -1.19. The minimum Gasteiger partial charge on any atom is -0.353 e. The van der Waals surface area contributed by atoms with Crippen LogP contribution in [0.1, 0.15) is 39.2 Å². The van der Waals surface area contributed by atoms with Crippen molar-refractivity contribution >= 4 is 17.5 Å². The van der Waals surface area contributed by atoms with Gasteiger partial charge in [-0.2, -0.15) is 13.2 Å². The summed E-state index contributed by atoms with van der Waals surface area (Å²) in [4.78, 5) is 25.7. The summed E-state index contributed by atoms with van der Waals surface area (Å²) < 4.78 is 38.9. The van der Waals surface area contributed by atoms with Crippen LogP contribution in [0.4, 0.5) is 18.9 Å². The lowest BCUT2D eigenvalue weighted by atomic mass is 10.1. The normalized spacial score (nSPS) is 12.7. The molecule has 2 N–H and O–H groups in total. The van der Waals surface area contributed by atoms with E-state index in [1.807, 2.05) is 13.8 Å². The van der Waals surface area contributed by atoms with Crippen LogP contribution in [0.15, 0.2) is 24.3 Å². The molecule has 26 heavy (non-hydrogen) atoms. The van der Waals surface area contributed by atoms with Gasteiger partial charge in [0.25, 0.3) is 0 Å². The van der Waals surface area contributed by atoms with Gasteiger partial charge < -0.3 is 10.6 Å². The number of nitrogens with one attached hydrogen (secondary N) is 2. The molecule has 5 nitrogen and oxygen atoms in total. The maximum atomic E-state index is 13.0. The van der Waals surface area contributed by atoms with E-state index in [1.165, 1.54) is 18.2 Å². The van der Waals surface area contributed by atoms with Crippen molar-refractivity contribution in [3.63, 3.8) is 0 Å². The van der Waals surface area contributed by atoms with Crippen molar-refractivity contribution < 1.29 is 22.8 Å². The SMILES string of the molecule is CCCC(C)NC(=O)CN(CC)CC(=O)Nc1ccccc1C(F)(F)F. The third kappa shape index (κ3) is 7.43. The van der Waals surface area contributed by atoms with E-state index >= 15 is 0 Å². The Morgan fingerprint density at radius 1 is 1.12 bits per heavy atom. The van der Waals surface area contributed by atoms with E-state index in [0.29, 0.717) is 6.54 Å². The fourth-order valence-corrected chi connectivity index (χ4v) is 2.54. The lowest BCUT2D eigenvalue weighted by Crippen LogP contribution is -2.43. The highest BCUT2D eigenvalue weighted by atomic mass is 19.4. The zero-order chi connectivity index (χ0) is 19.7. The number of anilines is 1. The molecule has 0 aliphatic rings. The monoisotopic (exact) mass is 373 g/mol. The summed E-state index contributed by atoms with van der Waals surface area (Å²) in [5, 5.41) is 5.12. The minimum atomic E-state index is -4.55. The Balaban J connectivity index is 2.64. The summed E-state index contributed by atoms with van der Waals surface area (Å²) in [7, 11) is 0. The van der Waals surface area contributed by atoms with Crippen molar-refractivity contribution in [1.29, 1.82) is 0 Å².